The van der Waals surface area contributed by atoms with Gasteiger partial charge in [-0.25, -0.2) is 12.7 Å². The zero-order valence-corrected chi connectivity index (χ0v) is 12.6. The molecule has 20 heavy (non-hydrogen) atoms. The number of nitrogens with one attached hydrogen (secondary N) is 1. The fourth-order valence-corrected chi connectivity index (χ4v) is 5.03. The molecule has 2 saturated heterocycles. The van der Waals surface area contributed by atoms with Gasteiger partial charge in [0.05, 0.1) is 11.3 Å². The third-order valence-electron chi connectivity index (χ3n) is 4.49. The van der Waals surface area contributed by atoms with E-state index in [0.29, 0.717) is 19.6 Å². The summed E-state index contributed by atoms with van der Waals surface area (Å²) < 4.78 is 26.2. The highest BCUT2D eigenvalue weighted by molar-refractivity contribution is 7.90. The molecular weight excluding hydrogens is 278 g/mol. The Morgan fingerprint density at radius 3 is 2.50 bits per heavy atom. The zero-order valence-electron chi connectivity index (χ0n) is 11.8. The maximum Gasteiger partial charge on any atom is 0.237 e. The molecule has 0 radical (unpaired) electrons. The van der Waals surface area contributed by atoms with Crippen molar-refractivity contribution in [2.75, 3.05) is 32.7 Å². The van der Waals surface area contributed by atoms with Crippen LogP contribution in [-0.4, -0.2) is 67.5 Å². The number of sulfonamides is 1. The van der Waals surface area contributed by atoms with E-state index in [1.807, 2.05) is 0 Å². The molecule has 1 aliphatic carbocycles. The summed E-state index contributed by atoms with van der Waals surface area (Å²) in [5.41, 5.74) is 0. The van der Waals surface area contributed by atoms with E-state index in [4.69, 9.17) is 0 Å². The average molecular weight is 301 g/mol. The Bertz CT molecular complexity index is 475. The van der Waals surface area contributed by atoms with Gasteiger partial charge in [0.1, 0.15) is 0 Å². The van der Waals surface area contributed by atoms with Crippen molar-refractivity contribution in [3.05, 3.63) is 0 Å². The van der Waals surface area contributed by atoms with Crippen LogP contribution in [-0.2, 0) is 14.8 Å². The lowest BCUT2D eigenvalue weighted by atomic mass is 10.0. The first-order valence-corrected chi connectivity index (χ1v) is 9.10. The number of carbonyl (C=O) groups excluding carboxylic acids is 1. The Labute approximate surface area is 120 Å². The number of carbonyl (C=O) groups is 1. The molecule has 3 aliphatic rings. The SMILES string of the molecule is O=C1NCCCC1N1CCCN(S(=O)(=O)C2CC2)CC1. The molecular formula is C13H23N3O3S. The van der Waals surface area contributed by atoms with Gasteiger partial charge in [-0.15, -0.1) is 0 Å². The minimum Gasteiger partial charge on any atom is -0.355 e. The maximum absolute atomic E-state index is 12.3. The molecule has 0 aromatic carbocycles. The summed E-state index contributed by atoms with van der Waals surface area (Å²) in [5.74, 6) is 0.106. The van der Waals surface area contributed by atoms with Crippen LogP contribution in [0.15, 0.2) is 0 Å². The Balaban J connectivity index is 1.63. The monoisotopic (exact) mass is 301 g/mol. The summed E-state index contributed by atoms with van der Waals surface area (Å²) in [5, 5.41) is 2.77. The van der Waals surface area contributed by atoms with Gasteiger partial charge in [0, 0.05) is 32.7 Å². The largest absolute Gasteiger partial charge is 0.355 e. The molecule has 1 N–H and O–H groups in total. The quantitative estimate of drug-likeness (QED) is 0.781. The summed E-state index contributed by atoms with van der Waals surface area (Å²) in [4.78, 5) is 14.1. The maximum atomic E-state index is 12.3. The van der Waals surface area contributed by atoms with Gasteiger partial charge in [-0.2, -0.15) is 0 Å². The number of hydrogen-bond acceptors (Lipinski definition) is 4. The first-order chi connectivity index (χ1) is 9.59. The van der Waals surface area contributed by atoms with Gasteiger partial charge >= 0.3 is 0 Å². The molecule has 114 valence electrons. The van der Waals surface area contributed by atoms with Crippen LogP contribution < -0.4 is 5.32 Å². The molecule has 2 heterocycles. The summed E-state index contributed by atoms with van der Waals surface area (Å²) in [6.45, 7) is 3.39. The van der Waals surface area contributed by atoms with Gasteiger partial charge < -0.3 is 5.32 Å². The van der Waals surface area contributed by atoms with Crippen molar-refractivity contribution in [1.29, 1.82) is 0 Å². The lowest BCUT2D eigenvalue weighted by Crippen LogP contribution is -2.51. The fraction of sp³-hybridized carbons (Fsp3) is 0.923. The van der Waals surface area contributed by atoms with E-state index < -0.39 is 10.0 Å². The van der Waals surface area contributed by atoms with Crippen LogP contribution in [0.5, 0.6) is 0 Å². The minimum atomic E-state index is -3.07. The number of nitrogens with zero attached hydrogens (tertiary/aromatic N) is 2. The Morgan fingerprint density at radius 2 is 1.80 bits per heavy atom. The second kappa shape index (κ2) is 5.61. The van der Waals surface area contributed by atoms with Gasteiger partial charge in [-0.1, -0.05) is 0 Å². The lowest BCUT2D eigenvalue weighted by molar-refractivity contribution is -0.128. The van der Waals surface area contributed by atoms with Gasteiger partial charge in [-0.05, 0) is 32.1 Å². The number of amides is 1. The fourth-order valence-electron chi connectivity index (χ4n) is 3.16. The van der Waals surface area contributed by atoms with Crippen molar-refractivity contribution < 1.29 is 13.2 Å². The van der Waals surface area contributed by atoms with Crippen LogP contribution in [0.4, 0.5) is 0 Å². The van der Waals surface area contributed by atoms with E-state index in [1.165, 1.54) is 0 Å². The van der Waals surface area contributed by atoms with Gasteiger partial charge in [0.25, 0.3) is 0 Å². The Hall–Kier alpha value is -0.660. The van der Waals surface area contributed by atoms with Gasteiger partial charge in [0.2, 0.25) is 15.9 Å². The summed E-state index contributed by atoms with van der Waals surface area (Å²) in [7, 11) is -3.07. The number of rotatable bonds is 3. The van der Waals surface area contributed by atoms with Crippen LogP contribution in [0.25, 0.3) is 0 Å². The van der Waals surface area contributed by atoms with Gasteiger partial charge in [-0.3, -0.25) is 9.69 Å². The first kappa shape index (κ1) is 14.3. The lowest BCUT2D eigenvalue weighted by Gasteiger charge is -2.32. The summed E-state index contributed by atoms with van der Waals surface area (Å²) >= 11 is 0. The molecule has 3 fully saturated rings. The number of piperidine rings is 1. The third kappa shape index (κ3) is 2.84. The first-order valence-electron chi connectivity index (χ1n) is 7.60. The van der Waals surface area contributed by atoms with E-state index in [2.05, 4.69) is 10.2 Å². The van der Waals surface area contributed by atoms with Gasteiger partial charge in [0.15, 0.2) is 0 Å². The standard InChI is InChI=1S/C13H23N3O3S/c17-13-12(3-1-6-14-13)15-7-2-8-16(10-9-15)20(18,19)11-4-5-11/h11-12H,1-10H2,(H,14,17). The van der Waals surface area contributed by atoms with Crippen molar-refractivity contribution in [2.45, 2.75) is 43.4 Å². The second-order valence-corrected chi connectivity index (χ2v) is 8.19. The summed E-state index contributed by atoms with van der Waals surface area (Å²) in [6, 6.07) is -0.0627. The molecule has 1 saturated carbocycles. The minimum absolute atomic E-state index is 0.0627. The molecule has 1 atom stereocenters. The van der Waals surface area contributed by atoms with E-state index in [0.717, 1.165) is 45.2 Å². The molecule has 2 aliphatic heterocycles. The van der Waals surface area contributed by atoms with Crippen molar-refractivity contribution in [3.63, 3.8) is 0 Å². The van der Waals surface area contributed by atoms with Crippen molar-refractivity contribution >= 4 is 15.9 Å². The predicted molar refractivity (Wildman–Crippen MR) is 75.7 cm³/mol. The summed E-state index contributed by atoms with van der Waals surface area (Å²) in [6.07, 6.45) is 4.34. The third-order valence-corrected chi connectivity index (χ3v) is 6.89. The molecule has 7 heteroatoms. The molecule has 0 bridgehead atoms. The van der Waals surface area contributed by atoms with E-state index in [-0.39, 0.29) is 17.2 Å². The molecule has 6 nitrogen and oxygen atoms in total. The van der Waals surface area contributed by atoms with E-state index >= 15 is 0 Å². The van der Waals surface area contributed by atoms with Crippen LogP contribution >= 0.6 is 0 Å². The van der Waals surface area contributed by atoms with Crippen molar-refractivity contribution in [2.24, 2.45) is 0 Å². The molecule has 1 amide bonds. The predicted octanol–water partition coefficient (Wildman–Crippen LogP) is -0.235. The van der Waals surface area contributed by atoms with Crippen LogP contribution in [0.3, 0.4) is 0 Å². The second-order valence-electron chi connectivity index (χ2n) is 5.98. The smallest absolute Gasteiger partial charge is 0.237 e. The molecule has 1 unspecified atom stereocenters. The van der Waals surface area contributed by atoms with Crippen LogP contribution in [0.1, 0.15) is 32.1 Å². The highest BCUT2D eigenvalue weighted by atomic mass is 32.2. The molecule has 3 rings (SSSR count). The Morgan fingerprint density at radius 1 is 1.00 bits per heavy atom. The van der Waals surface area contributed by atoms with E-state index in [1.54, 1.807) is 4.31 Å². The van der Waals surface area contributed by atoms with Crippen LogP contribution in [0.2, 0.25) is 0 Å². The van der Waals surface area contributed by atoms with Crippen molar-refractivity contribution in [3.8, 4) is 0 Å². The normalized spacial score (nSPS) is 30.8. The molecule has 0 spiro atoms. The molecule has 0 aromatic rings. The zero-order chi connectivity index (χ0) is 14.2. The highest BCUT2D eigenvalue weighted by Gasteiger charge is 2.41. The number of hydrogen-bond donors (Lipinski definition) is 1. The van der Waals surface area contributed by atoms with E-state index in [9.17, 15) is 13.2 Å². The molecule has 0 aromatic heterocycles. The average Bonchev–Trinajstić information content (AvgIpc) is 3.26. The topological polar surface area (TPSA) is 69.7 Å². The van der Waals surface area contributed by atoms with Crippen molar-refractivity contribution in [1.82, 2.24) is 14.5 Å². The Kier molecular flexibility index (Phi) is 4.01. The highest BCUT2D eigenvalue weighted by Crippen LogP contribution is 2.31. The van der Waals surface area contributed by atoms with Crippen LogP contribution in [0, 0.1) is 0 Å².